The van der Waals surface area contributed by atoms with E-state index in [1.165, 1.54) is 19.3 Å². The molecule has 2 aliphatic rings. The van der Waals surface area contributed by atoms with E-state index < -0.39 is 0 Å². The summed E-state index contributed by atoms with van der Waals surface area (Å²) in [6, 6.07) is 0.211. The number of nitrogens with two attached hydrogens (primary N) is 1. The van der Waals surface area contributed by atoms with Crippen LogP contribution in [-0.2, 0) is 9.53 Å². The summed E-state index contributed by atoms with van der Waals surface area (Å²) in [7, 11) is 0. The lowest BCUT2D eigenvalue weighted by Gasteiger charge is -2.38. The molecule has 0 aromatic carbocycles. The van der Waals surface area contributed by atoms with Gasteiger partial charge in [-0.2, -0.15) is 0 Å². The van der Waals surface area contributed by atoms with Crippen molar-refractivity contribution in [2.75, 3.05) is 26.3 Å². The molecule has 1 heterocycles. The van der Waals surface area contributed by atoms with Crippen molar-refractivity contribution in [2.45, 2.75) is 44.6 Å². The molecule has 17 heavy (non-hydrogen) atoms. The molecule has 1 atom stereocenters. The standard InChI is InChI=1S/C13H24N2O2/c14-7-6-12-10-17-9-8-15(12)13(16)11-4-2-1-3-5-11/h11-12H,1-10,14H2. The highest BCUT2D eigenvalue weighted by Gasteiger charge is 2.31. The van der Waals surface area contributed by atoms with Crippen molar-refractivity contribution < 1.29 is 9.53 Å². The Hall–Kier alpha value is -0.610. The lowest BCUT2D eigenvalue weighted by Crippen LogP contribution is -2.51. The van der Waals surface area contributed by atoms with Gasteiger partial charge in [-0.15, -0.1) is 0 Å². The summed E-state index contributed by atoms with van der Waals surface area (Å²) in [5.74, 6) is 0.619. The Balaban J connectivity index is 1.94. The molecule has 1 amide bonds. The lowest BCUT2D eigenvalue weighted by molar-refractivity contribution is -0.145. The molecule has 1 aliphatic carbocycles. The minimum Gasteiger partial charge on any atom is -0.377 e. The molecule has 2 fully saturated rings. The Kier molecular flexibility index (Phi) is 4.80. The molecule has 0 bridgehead atoms. The molecule has 0 aromatic rings. The summed E-state index contributed by atoms with van der Waals surface area (Å²) in [4.78, 5) is 14.5. The first-order chi connectivity index (χ1) is 8.33. The van der Waals surface area contributed by atoms with Crippen LogP contribution in [0.3, 0.4) is 0 Å². The summed E-state index contributed by atoms with van der Waals surface area (Å²) in [6.45, 7) is 2.72. The van der Waals surface area contributed by atoms with Gasteiger partial charge in [-0.1, -0.05) is 19.3 Å². The molecule has 1 saturated heterocycles. The minimum absolute atomic E-state index is 0.211. The molecule has 1 aliphatic heterocycles. The van der Waals surface area contributed by atoms with Gasteiger partial charge in [-0.05, 0) is 25.8 Å². The van der Waals surface area contributed by atoms with E-state index in [0.29, 0.717) is 25.7 Å². The van der Waals surface area contributed by atoms with Gasteiger partial charge in [0.25, 0.3) is 0 Å². The molecule has 98 valence electrons. The number of hydrogen-bond donors (Lipinski definition) is 1. The largest absolute Gasteiger partial charge is 0.377 e. The second-order valence-electron chi connectivity index (χ2n) is 5.17. The number of nitrogens with zero attached hydrogens (tertiary/aromatic N) is 1. The molecule has 1 saturated carbocycles. The zero-order valence-corrected chi connectivity index (χ0v) is 10.6. The maximum absolute atomic E-state index is 12.5. The summed E-state index contributed by atoms with van der Waals surface area (Å²) >= 11 is 0. The number of morpholine rings is 1. The molecule has 2 N–H and O–H groups in total. The van der Waals surface area contributed by atoms with Crippen LogP contribution in [0.25, 0.3) is 0 Å². The zero-order chi connectivity index (χ0) is 12.1. The highest BCUT2D eigenvalue weighted by molar-refractivity contribution is 5.79. The van der Waals surface area contributed by atoms with Crippen LogP contribution in [-0.4, -0.2) is 43.2 Å². The highest BCUT2D eigenvalue weighted by Crippen LogP contribution is 2.27. The molecule has 0 spiro atoms. The van der Waals surface area contributed by atoms with Crippen molar-refractivity contribution in [1.29, 1.82) is 0 Å². The monoisotopic (exact) mass is 240 g/mol. The first-order valence-electron chi connectivity index (χ1n) is 6.91. The molecular weight excluding hydrogens is 216 g/mol. The Morgan fingerprint density at radius 1 is 1.29 bits per heavy atom. The van der Waals surface area contributed by atoms with Gasteiger partial charge in [0.1, 0.15) is 0 Å². The van der Waals surface area contributed by atoms with Crippen LogP contribution in [0, 0.1) is 5.92 Å². The molecule has 0 radical (unpaired) electrons. The van der Waals surface area contributed by atoms with Crippen molar-refractivity contribution in [1.82, 2.24) is 4.90 Å². The number of ether oxygens (including phenoxy) is 1. The van der Waals surface area contributed by atoms with E-state index in [0.717, 1.165) is 25.8 Å². The van der Waals surface area contributed by atoms with Gasteiger partial charge in [0.2, 0.25) is 5.91 Å². The van der Waals surface area contributed by atoms with Crippen molar-refractivity contribution in [3.05, 3.63) is 0 Å². The van der Waals surface area contributed by atoms with Gasteiger partial charge in [0, 0.05) is 12.5 Å². The Labute approximate surface area is 103 Å². The molecule has 4 heteroatoms. The topological polar surface area (TPSA) is 55.6 Å². The van der Waals surface area contributed by atoms with Crippen LogP contribution >= 0.6 is 0 Å². The SMILES string of the molecule is NCCC1COCCN1C(=O)C1CCCCC1. The highest BCUT2D eigenvalue weighted by atomic mass is 16.5. The number of rotatable bonds is 3. The van der Waals surface area contributed by atoms with Crippen molar-refractivity contribution in [2.24, 2.45) is 11.7 Å². The van der Waals surface area contributed by atoms with Crippen LogP contribution in [0.2, 0.25) is 0 Å². The van der Waals surface area contributed by atoms with E-state index in [9.17, 15) is 4.79 Å². The molecular formula is C13H24N2O2. The molecule has 1 unspecified atom stereocenters. The third-order valence-electron chi connectivity index (χ3n) is 3.96. The Bertz CT molecular complexity index is 250. The van der Waals surface area contributed by atoms with Crippen LogP contribution in [0.5, 0.6) is 0 Å². The third kappa shape index (κ3) is 3.19. The summed E-state index contributed by atoms with van der Waals surface area (Å²) in [6.07, 6.45) is 6.72. The van der Waals surface area contributed by atoms with Gasteiger partial charge >= 0.3 is 0 Å². The van der Waals surface area contributed by atoms with E-state index in [1.54, 1.807) is 0 Å². The zero-order valence-electron chi connectivity index (χ0n) is 10.6. The molecule has 2 rings (SSSR count). The quantitative estimate of drug-likeness (QED) is 0.805. The van der Waals surface area contributed by atoms with E-state index in [-0.39, 0.29) is 12.0 Å². The van der Waals surface area contributed by atoms with Crippen molar-refractivity contribution in [3.8, 4) is 0 Å². The van der Waals surface area contributed by atoms with Crippen LogP contribution < -0.4 is 5.73 Å². The normalized spacial score (nSPS) is 27.1. The van der Waals surface area contributed by atoms with Crippen molar-refractivity contribution in [3.63, 3.8) is 0 Å². The second kappa shape index (κ2) is 6.36. The van der Waals surface area contributed by atoms with Gasteiger partial charge in [0.05, 0.1) is 19.3 Å². The molecule has 0 aromatic heterocycles. The second-order valence-corrected chi connectivity index (χ2v) is 5.17. The Morgan fingerprint density at radius 2 is 2.06 bits per heavy atom. The first-order valence-corrected chi connectivity index (χ1v) is 6.91. The third-order valence-corrected chi connectivity index (χ3v) is 3.96. The van der Waals surface area contributed by atoms with E-state index in [2.05, 4.69) is 0 Å². The maximum atomic E-state index is 12.5. The van der Waals surface area contributed by atoms with Gasteiger partial charge in [-0.3, -0.25) is 4.79 Å². The fourth-order valence-electron chi connectivity index (χ4n) is 2.96. The predicted octanol–water partition coefficient (Wildman–Crippen LogP) is 1.14. The van der Waals surface area contributed by atoms with Crippen LogP contribution in [0.4, 0.5) is 0 Å². The Morgan fingerprint density at radius 3 is 2.76 bits per heavy atom. The summed E-state index contributed by atoms with van der Waals surface area (Å²) < 4.78 is 5.45. The van der Waals surface area contributed by atoms with Crippen molar-refractivity contribution >= 4 is 5.91 Å². The smallest absolute Gasteiger partial charge is 0.226 e. The predicted molar refractivity (Wildman–Crippen MR) is 66.6 cm³/mol. The summed E-state index contributed by atoms with van der Waals surface area (Å²) in [5.41, 5.74) is 5.61. The fourth-order valence-corrected chi connectivity index (χ4v) is 2.96. The summed E-state index contributed by atoms with van der Waals surface area (Å²) in [5, 5.41) is 0. The number of carbonyl (C=O) groups excluding carboxylic acids is 1. The maximum Gasteiger partial charge on any atom is 0.226 e. The van der Waals surface area contributed by atoms with Gasteiger partial charge < -0.3 is 15.4 Å². The van der Waals surface area contributed by atoms with Gasteiger partial charge in [-0.25, -0.2) is 0 Å². The average Bonchev–Trinajstić information content (AvgIpc) is 2.40. The van der Waals surface area contributed by atoms with E-state index in [4.69, 9.17) is 10.5 Å². The van der Waals surface area contributed by atoms with Crippen LogP contribution in [0.15, 0.2) is 0 Å². The number of carbonyl (C=O) groups is 1. The van der Waals surface area contributed by atoms with E-state index >= 15 is 0 Å². The minimum atomic E-state index is 0.211. The fraction of sp³-hybridized carbons (Fsp3) is 0.923. The first kappa shape index (κ1) is 12.8. The van der Waals surface area contributed by atoms with E-state index in [1.807, 2.05) is 4.90 Å². The number of amides is 1. The van der Waals surface area contributed by atoms with Gasteiger partial charge in [0.15, 0.2) is 0 Å². The number of hydrogen-bond acceptors (Lipinski definition) is 3. The van der Waals surface area contributed by atoms with Crippen LogP contribution in [0.1, 0.15) is 38.5 Å². The average molecular weight is 240 g/mol. The lowest BCUT2D eigenvalue weighted by atomic mass is 9.87. The molecule has 4 nitrogen and oxygen atoms in total.